The van der Waals surface area contributed by atoms with Crippen LogP contribution >= 0.6 is 12.2 Å². The van der Waals surface area contributed by atoms with Crippen molar-refractivity contribution in [3.8, 4) is 17.3 Å². The summed E-state index contributed by atoms with van der Waals surface area (Å²) >= 11 is 5.33. The normalized spacial score (nSPS) is 13.6. The molecule has 2 heterocycles. The van der Waals surface area contributed by atoms with Gasteiger partial charge in [0.2, 0.25) is 0 Å². The maximum absolute atomic E-state index is 9.29. The monoisotopic (exact) mass is 267 g/mol. The highest BCUT2D eigenvalue weighted by Crippen LogP contribution is 2.32. The molecule has 0 spiro atoms. The summed E-state index contributed by atoms with van der Waals surface area (Å²) in [5, 5.41) is 9.29. The Hall–Kier alpha value is -1.99. The van der Waals surface area contributed by atoms with Crippen molar-refractivity contribution in [1.82, 2.24) is 9.97 Å². The zero-order valence-corrected chi connectivity index (χ0v) is 11.3. The lowest BCUT2D eigenvalue weighted by Gasteiger charge is -2.20. The molecule has 0 radical (unpaired) electrons. The molecule has 0 amide bonds. The van der Waals surface area contributed by atoms with Gasteiger partial charge in [0.05, 0.1) is 11.3 Å². The highest BCUT2D eigenvalue weighted by Gasteiger charge is 2.19. The van der Waals surface area contributed by atoms with Crippen molar-refractivity contribution in [2.75, 3.05) is 0 Å². The zero-order chi connectivity index (χ0) is 13.2. The van der Waals surface area contributed by atoms with Gasteiger partial charge >= 0.3 is 0 Å². The van der Waals surface area contributed by atoms with Gasteiger partial charge in [-0.3, -0.25) is 4.98 Å². The average Bonchev–Trinajstić information content (AvgIpc) is 2.47. The van der Waals surface area contributed by atoms with Gasteiger partial charge in [0.1, 0.15) is 10.7 Å². The molecule has 3 nitrogen and oxygen atoms in total. The second-order valence-corrected chi connectivity index (χ2v) is 5.13. The van der Waals surface area contributed by atoms with Gasteiger partial charge in [-0.05, 0) is 48.9 Å². The van der Waals surface area contributed by atoms with E-state index in [2.05, 4.69) is 16.0 Å². The van der Waals surface area contributed by atoms with Crippen LogP contribution in [0.1, 0.15) is 29.5 Å². The van der Waals surface area contributed by atoms with Crippen LogP contribution in [0.25, 0.3) is 11.3 Å². The molecule has 94 valence electrons. The standard InChI is InChI=1S/C15H13N3S/c16-8-13-11-5-1-2-6-12(11)14(18-15(13)19)10-4-3-7-17-9-10/h3-4,7,9H,1-2,5-6H2,(H,18,19). The molecule has 4 heteroatoms. The first-order valence-corrected chi connectivity index (χ1v) is 6.80. The third-order valence-corrected chi connectivity index (χ3v) is 3.91. The average molecular weight is 267 g/mol. The predicted molar refractivity (Wildman–Crippen MR) is 76.2 cm³/mol. The van der Waals surface area contributed by atoms with Crippen molar-refractivity contribution in [2.45, 2.75) is 25.7 Å². The first-order chi connectivity index (χ1) is 9.31. The molecule has 1 aliphatic carbocycles. The fraction of sp³-hybridized carbons (Fsp3) is 0.267. The lowest BCUT2D eigenvalue weighted by atomic mass is 9.87. The molecule has 2 aromatic heterocycles. The highest BCUT2D eigenvalue weighted by atomic mass is 32.1. The Morgan fingerprint density at radius 3 is 2.74 bits per heavy atom. The molecule has 0 saturated heterocycles. The Labute approximate surface area is 116 Å². The van der Waals surface area contributed by atoms with Crippen molar-refractivity contribution >= 4 is 12.2 Å². The number of aromatic amines is 1. The summed E-state index contributed by atoms with van der Waals surface area (Å²) in [5.74, 6) is 0. The molecule has 0 bridgehead atoms. The van der Waals surface area contributed by atoms with Gasteiger partial charge in [0, 0.05) is 18.0 Å². The summed E-state index contributed by atoms with van der Waals surface area (Å²) in [4.78, 5) is 7.39. The van der Waals surface area contributed by atoms with Crippen LogP contribution in [0, 0.1) is 16.0 Å². The number of nitrogens with zero attached hydrogens (tertiary/aromatic N) is 2. The van der Waals surface area contributed by atoms with Crippen LogP contribution in [0.2, 0.25) is 0 Å². The Balaban J connectivity index is 2.30. The molecule has 0 unspecified atom stereocenters. The van der Waals surface area contributed by atoms with Crippen molar-refractivity contribution < 1.29 is 0 Å². The molecule has 1 aliphatic rings. The Bertz CT molecular complexity index is 711. The third-order valence-electron chi connectivity index (χ3n) is 3.60. The highest BCUT2D eigenvalue weighted by molar-refractivity contribution is 7.71. The minimum atomic E-state index is 0.544. The summed E-state index contributed by atoms with van der Waals surface area (Å²) in [7, 11) is 0. The molecular weight excluding hydrogens is 254 g/mol. The maximum atomic E-state index is 9.29. The van der Waals surface area contributed by atoms with Gasteiger partial charge in [-0.1, -0.05) is 12.2 Å². The van der Waals surface area contributed by atoms with E-state index in [1.54, 1.807) is 6.20 Å². The minimum Gasteiger partial charge on any atom is -0.345 e. The number of nitrogens with one attached hydrogen (secondary N) is 1. The SMILES string of the molecule is N#Cc1c2c(c(-c3cccnc3)[nH]c1=S)CCCC2. The molecule has 0 aliphatic heterocycles. The number of hydrogen-bond acceptors (Lipinski definition) is 3. The van der Waals surface area contributed by atoms with Crippen LogP contribution in [-0.4, -0.2) is 9.97 Å². The zero-order valence-electron chi connectivity index (χ0n) is 10.4. The van der Waals surface area contributed by atoms with Gasteiger partial charge in [0.25, 0.3) is 0 Å². The quantitative estimate of drug-likeness (QED) is 0.804. The first kappa shape index (κ1) is 12.1. The molecule has 0 aromatic carbocycles. The summed E-state index contributed by atoms with van der Waals surface area (Å²) in [6.45, 7) is 0. The largest absolute Gasteiger partial charge is 0.345 e. The number of nitriles is 1. The van der Waals surface area contributed by atoms with E-state index in [-0.39, 0.29) is 0 Å². The fourth-order valence-corrected chi connectivity index (χ4v) is 2.99. The van der Waals surface area contributed by atoms with Crippen LogP contribution in [0.4, 0.5) is 0 Å². The van der Waals surface area contributed by atoms with E-state index < -0.39 is 0 Å². The second kappa shape index (κ2) is 4.94. The summed E-state index contributed by atoms with van der Waals surface area (Å²) in [6, 6.07) is 6.19. The van der Waals surface area contributed by atoms with Crippen LogP contribution < -0.4 is 0 Å². The van der Waals surface area contributed by atoms with E-state index >= 15 is 0 Å². The summed E-state index contributed by atoms with van der Waals surface area (Å²) < 4.78 is 0.544. The number of hydrogen-bond donors (Lipinski definition) is 1. The van der Waals surface area contributed by atoms with E-state index in [1.165, 1.54) is 5.56 Å². The molecule has 3 rings (SSSR count). The topological polar surface area (TPSA) is 52.5 Å². The van der Waals surface area contributed by atoms with Crippen LogP contribution in [0.3, 0.4) is 0 Å². The van der Waals surface area contributed by atoms with Crippen molar-refractivity contribution in [1.29, 1.82) is 5.26 Å². The van der Waals surface area contributed by atoms with Crippen molar-refractivity contribution in [3.05, 3.63) is 45.9 Å². The molecular formula is C15H13N3S. The van der Waals surface area contributed by atoms with E-state index in [4.69, 9.17) is 12.2 Å². The maximum Gasteiger partial charge on any atom is 0.121 e. The second-order valence-electron chi connectivity index (χ2n) is 4.72. The Kier molecular flexibility index (Phi) is 3.14. The first-order valence-electron chi connectivity index (χ1n) is 6.40. The molecule has 0 atom stereocenters. The van der Waals surface area contributed by atoms with Gasteiger partial charge in [0.15, 0.2) is 0 Å². The number of H-pyrrole nitrogens is 1. The number of pyridine rings is 2. The summed E-state index contributed by atoms with van der Waals surface area (Å²) in [5.41, 5.74) is 5.10. The lowest BCUT2D eigenvalue weighted by Crippen LogP contribution is -2.09. The lowest BCUT2D eigenvalue weighted by molar-refractivity contribution is 0.681. The Morgan fingerprint density at radius 2 is 2.05 bits per heavy atom. The van der Waals surface area contributed by atoms with Gasteiger partial charge in [-0.2, -0.15) is 5.26 Å². The van der Waals surface area contributed by atoms with Crippen LogP contribution in [-0.2, 0) is 12.8 Å². The number of aromatic nitrogens is 2. The van der Waals surface area contributed by atoms with Gasteiger partial charge in [-0.15, -0.1) is 0 Å². The molecule has 1 N–H and O–H groups in total. The third kappa shape index (κ3) is 2.06. The smallest absolute Gasteiger partial charge is 0.121 e. The molecule has 2 aromatic rings. The van der Waals surface area contributed by atoms with Crippen molar-refractivity contribution in [3.63, 3.8) is 0 Å². The van der Waals surface area contributed by atoms with Gasteiger partial charge in [-0.25, -0.2) is 0 Å². The fourth-order valence-electron chi connectivity index (χ4n) is 2.72. The van der Waals surface area contributed by atoms with Crippen LogP contribution in [0.5, 0.6) is 0 Å². The van der Waals surface area contributed by atoms with Crippen molar-refractivity contribution in [2.24, 2.45) is 0 Å². The Morgan fingerprint density at radius 1 is 1.26 bits per heavy atom. The minimum absolute atomic E-state index is 0.544. The summed E-state index contributed by atoms with van der Waals surface area (Å²) in [6.07, 6.45) is 7.84. The number of fused-ring (bicyclic) bond motifs is 1. The van der Waals surface area contributed by atoms with E-state index in [0.29, 0.717) is 10.2 Å². The molecule has 0 saturated carbocycles. The van der Waals surface area contributed by atoms with E-state index in [9.17, 15) is 5.26 Å². The molecule has 0 fully saturated rings. The van der Waals surface area contributed by atoms with E-state index in [1.807, 2.05) is 18.3 Å². The van der Waals surface area contributed by atoms with Crippen LogP contribution in [0.15, 0.2) is 24.5 Å². The number of rotatable bonds is 1. The molecule has 19 heavy (non-hydrogen) atoms. The van der Waals surface area contributed by atoms with E-state index in [0.717, 1.165) is 42.5 Å². The predicted octanol–water partition coefficient (Wildman–Crippen LogP) is 3.56. The van der Waals surface area contributed by atoms with Gasteiger partial charge < -0.3 is 4.98 Å².